The third kappa shape index (κ3) is 2.83. The predicted molar refractivity (Wildman–Crippen MR) is 54.2 cm³/mol. The number of aliphatic hydroxyl groups excluding tert-OH is 1. The molecular formula is C8H11ClN2OS. The van der Waals surface area contributed by atoms with E-state index in [2.05, 4.69) is 9.97 Å². The number of aromatic nitrogens is 2. The molecule has 1 atom stereocenters. The van der Waals surface area contributed by atoms with Gasteiger partial charge in [-0.15, -0.1) is 11.8 Å². The van der Waals surface area contributed by atoms with Crippen LogP contribution >= 0.6 is 23.4 Å². The molecule has 0 aromatic carbocycles. The number of nitrogens with zero attached hydrogens (tertiary/aromatic N) is 2. The normalized spacial score (nSPS) is 12.9. The van der Waals surface area contributed by atoms with Gasteiger partial charge in [0.25, 0.3) is 0 Å². The number of aliphatic hydroxyl groups is 1. The SMILES string of the molecule is Cc1c(Cl)ncnc1SC(C)CO. The number of hydrogen-bond donors (Lipinski definition) is 1. The highest BCUT2D eigenvalue weighted by Gasteiger charge is 2.09. The Bertz CT molecular complexity index is 295. The van der Waals surface area contributed by atoms with Crippen LogP contribution in [-0.2, 0) is 0 Å². The van der Waals surface area contributed by atoms with Crippen LogP contribution in [0.2, 0.25) is 5.15 Å². The van der Waals surface area contributed by atoms with Crippen LogP contribution in [0.15, 0.2) is 11.4 Å². The van der Waals surface area contributed by atoms with Crippen LogP contribution < -0.4 is 0 Å². The van der Waals surface area contributed by atoms with E-state index in [0.29, 0.717) is 5.15 Å². The van der Waals surface area contributed by atoms with Crippen LogP contribution in [-0.4, -0.2) is 26.9 Å². The Kier molecular flexibility index (Phi) is 3.96. The smallest absolute Gasteiger partial charge is 0.136 e. The molecule has 0 fully saturated rings. The van der Waals surface area contributed by atoms with Crippen molar-refractivity contribution in [3.63, 3.8) is 0 Å². The second kappa shape index (κ2) is 4.79. The summed E-state index contributed by atoms with van der Waals surface area (Å²) in [4.78, 5) is 7.93. The third-order valence-electron chi connectivity index (χ3n) is 1.55. The summed E-state index contributed by atoms with van der Waals surface area (Å²) in [6, 6.07) is 0. The molecule has 3 nitrogen and oxygen atoms in total. The van der Waals surface area contributed by atoms with Crippen LogP contribution in [0.3, 0.4) is 0 Å². The lowest BCUT2D eigenvalue weighted by Gasteiger charge is -2.08. The summed E-state index contributed by atoms with van der Waals surface area (Å²) in [5.74, 6) is 0. The molecule has 0 saturated carbocycles. The van der Waals surface area contributed by atoms with Crippen molar-refractivity contribution >= 4 is 23.4 Å². The van der Waals surface area contributed by atoms with Gasteiger partial charge in [-0.2, -0.15) is 0 Å². The minimum Gasteiger partial charge on any atom is -0.395 e. The summed E-state index contributed by atoms with van der Waals surface area (Å²) in [7, 11) is 0. The van der Waals surface area contributed by atoms with Gasteiger partial charge in [0.15, 0.2) is 0 Å². The lowest BCUT2D eigenvalue weighted by Crippen LogP contribution is -2.03. The van der Waals surface area contributed by atoms with Crippen LogP contribution in [0.4, 0.5) is 0 Å². The first-order valence-corrected chi connectivity index (χ1v) is 5.15. The standard InChI is InChI=1S/C8H11ClN2OS/c1-5(3-12)13-8-6(2)7(9)10-4-11-8/h4-5,12H,3H2,1-2H3. The Labute approximate surface area is 86.6 Å². The van der Waals surface area contributed by atoms with E-state index in [1.54, 1.807) is 0 Å². The molecule has 13 heavy (non-hydrogen) atoms. The fourth-order valence-corrected chi connectivity index (χ4v) is 1.79. The molecule has 1 N–H and O–H groups in total. The van der Waals surface area contributed by atoms with E-state index in [4.69, 9.17) is 16.7 Å². The Balaban J connectivity index is 2.83. The molecule has 0 aliphatic carbocycles. The summed E-state index contributed by atoms with van der Waals surface area (Å²) in [6.07, 6.45) is 1.43. The van der Waals surface area contributed by atoms with Gasteiger partial charge in [0, 0.05) is 10.8 Å². The monoisotopic (exact) mass is 218 g/mol. The highest BCUT2D eigenvalue weighted by atomic mass is 35.5. The molecule has 1 unspecified atom stereocenters. The minimum atomic E-state index is 0.129. The number of halogens is 1. The van der Waals surface area contributed by atoms with Crippen molar-refractivity contribution in [1.29, 1.82) is 0 Å². The maximum absolute atomic E-state index is 8.86. The first-order valence-electron chi connectivity index (χ1n) is 3.89. The van der Waals surface area contributed by atoms with Gasteiger partial charge in [-0.3, -0.25) is 0 Å². The zero-order chi connectivity index (χ0) is 9.84. The molecule has 0 radical (unpaired) electrons. The molecule has 1 heterocycles. The van der Waals surface area contributed by atoms with Gasteiger partial charge in [0.1, 0.15) is 16.5 Å². The van der Waals surface area contributed by atoms with Gasteiger partial charge in [-0.05, 0) is 6.92 Å². The van der Waals surface area contributed by atoms with Crippen LogP contribution in [0.1, 0.15) is 12.5 Å². The van der Waals surface area contributed by atoms with E-state index in [-0.39, 0.29) is 11.9 Å². The summed E-state index contributed by atoms with van der Waals surface area (Å²) in [5, 5.41) is 10.3. The molecule has 5 heteroatoms. The lowest BCUT2D eigenvalue weighted by atomic mass is 10.4. The van der Waals surface area contributed by atoms with E-state index in [9.17, 15) is 0 Å². The van der Waals surface area contributed by atoms with Crippen LogP contribution in [0, 0.1) is 6.92 Å². The molecule has 0 amide bonds. The molecule has 0 saturated heterocycles. The van der Waals surface area contributed by atoms with Gasteiger partial charge >= 0.3 is 0 Å². The molecule has 1 aromatic rings. The molecule has 0 aliphatic rings. The molecule has 0 spiro atoms. The van der Waals surface area contributed by atoms with Crippen molar-refractivity contribution in [1.82, 2.24) is 9.97 Å². The Morgan fingerprint density at radius 3 is 2.92 bits per heavy atom. The first kappa shape index (κ1) is 10.8. The van der Waals surface area contributed by atoms with E-state index in [1.165, 1.54) is 18.1 Å². The number of rotatable bonds is 3. The molecular weight excluding hydrogens is 208 g/mol. The van der Waals surface area contributed by atoms with Gasteiger partial charge in [-0.1, -0.05) is 18.5 Å². The van der Waals surface area contributed by atoms with Crippen molar-refractivity contribution in [3.8, 4) is 0 Å². The molecule has 72 valence electrons. The van der Waals surface area contributed by atoms with Crippen molar-refractivity contribution in [3.05, 3.63) is 17.0 Å². The summed E-state index contributed by atoms with van der Waals surface area (Å²) in [6.45, 7) is 3.93. The zero-order valence-electron chi connectivity index (χ0n) is 7.49. The fraction of sp³-hybridized carbons (Fsp3) is 0.500. The van der Waals surface area contributed by atoms with E-state index < -0.39 is 0 Å². The van der Waals surface area contributed by atoms with Gasteiger partial charge in [0.2, 0.25) is 0 Å². The second-order valence-corrected chi connectivity index (χ2v) is 4.49. The maximum atomic E-state index is 8.86. The quantitative estimate of drug-likeness (QED) is 0.622. The molecule has 0 bridgehead atoms. The maximum Gasteiger partial charge on any atom is 0.136 e. The van der Waals surface area contributed by atoms with Crippen molar-refractivity contribution in [2.24, 2.45) is 0 Å². The average molecular weight is 219 g/mol. The molecule has 1 rings (SSSR count). The van der Waals surface area contributed by atoms with E-state index >= 15 is 0 Å². The lowest BCUT2D eigenvalue weighted by molar-refractivity contribution is 0.300. The minimum absolute atomic E-state index is 0.129. The summed E-state index contributed by atoms with van der Waals surface area (Å²) >= 11 is 7.31. The Hall–Kier alpha value is -0.320. The number of hydrogen-bond acceptors (Lipinski definition) is 4. The van der Waals surface area contributed by atoms with Gasteiger partial charge < -0.3 is 5.11 Å². The average Bonchev–Trinajstić information content (AvgIpc) is 2.13. The Morgan fingerprint density at radius 2 is 2.31 bits per heavy atom. The van der Waals surface area contributed by atoms with Gasteiger partial charge in [0.05, 0.1) is 6.61 Å². The fourth-order valence-electron chi connectivity index (χ4n) is 0.761. The van der Waals surface area contributed by atoms with Crippen molar-refractivity contribution in [2.45, 2.75) is 24.1 Å². The summed E-state index contributed by atoms with van der Waals surface area (Å²) in [5.41, 5.74) is 0.870. The van der Waals surface area contributed by atoms with Crippen molar-refractivity contribution < 1.29 is 5.11 Å². The van der Waals surface area contributed by atoms with Crippen LogP contribution in [0.5, 0.6) is 0 Å². The predicted octanol–water partition coefficient (Wildman–Crippen LogP) is 1.91. The third-order valence-corrected chi connectivity index (χ3v) is 3.11. The highest BCUT2D eigenvalue weighted by molar-refractivity contribution is 7.99. The van der Waals surface area contributed by atoms with Crippen LogP contribution in [0.25, 0.3) is 0 Å². The van der Waals surface area contributed by atoms with E-state index in [0.717, 1.165) is 10.6 Å². The second-order valence-electron chi connectivity index (χ2n) is 2.71. The topological polar surface area (TPSA) is 46.0 Å². The molecule has 1 aromatic heterocycles. The van der Waals surface area contributed by atoms with Crippen molar-refractivity contribution in [2.75, 3.05) is 6.61 Å². The highest BCUT2D eigenvalue weighted by Crippen LogP contribution is 2.26. The molecule has 0 aliphatic heterocycles. The zero-order valence-corrected chi connectivity index (χ0v) is 9.06. The number of thioether (sulfide) groups is 1. The first-order chi connectivity index (χ1) is 6.15. The van der Waals surface area contributed by atoms with Gasteiger partial charge in [-0.25, -0.2) is 9.97 Å². The Morgan fingerprint density at radius 1 is 1.62 bits per heavy atom. The largest absolute Gasteiger partial charge is 0.395 e. The summed E-state index contributed by atoms with van der Waals surface area (Å²) < 4.78 is 0. The van der Waals surface area contributed by atoms with E-state index in [1.807, 2.05) is 13.8 Å².